The number of carbonyl (C=O) groups is 1. The van der Waals surface area contributed by atoms with Gasteiger partial charge in [-0.25, -0.2) is 4.39 Å². The Labute approximate surface area is 176 Å². The zero-order valence-electron chi connectivity index (χ0n) is 17.2. The van der Waals surface area contributed by atoms with Crippen LogP contribution in [-0.4, -0.2) is 33.9 Å². The molecule has 0 aliphatic carbocycles. The van der Waals surface area contributed by atoms with Crippen LogP contribution in [0.15, 0.2) is 60.9 Å². The predicted molar refractivity (Wildman–Crippen MR) is 115 cm³/mol. The fraction of sp³-hybridized carbons (Fsp3) is 0.320. The average Bonchev–Trinajstić information content (AvgIpc) is 2.78. The summed E-state index contributed by atoms with van der Waals surface area (Å²) in [6.45, 7) is 3.51. The molecule has 2 heterocycles. The van der Waals surface area contributed by atoms with Crippen LogP contribution in [-0.2, 0) is 11.2 Å². The highest BCUT2D eigenvalue weighted by molar-refractivity contribution is 5.76. The Morgan fingerprint density at radius 1 is 1.13 bits per heavy atom. The lowest BCUT2D eigenvalue weighted by molar-refractivity contribution is -0.132. The summed E-state index contributed by atoms with van der Waals surface area (Å²) in [7, 11) is 0. The molecule has 0 N–H and O–H groups in total. The van der Waals surface area contributed by atoms with Crippen LogP contribution in [0.4, 0.5) is 4.39 Å². The van der Waals surface area contributed by atoms with E-state index in [2.05, 4.69) is 35.1 Å². The van der Waals surface area contributed by atoms with Gasteiger partial charge in [-0.2, -0.15) is 0 Å². The number of amides is 1. The molecule has 0 radical (unpaired) electrons. The van der Waals surface area contributed by atoms with Crippen LogP contribution in [0.3, 0.4) is 0 Å². The van der Waals surface area contributed by atoms with Crippen LogP contribution < -0.4 is 0 Å². The van der Waals surface area contributed by atoms with Crippen molar-refractivity contribution in [3.63, 3.8) is 0 Å². The molecular weight excluding hydrogens is 377 g/mol. The van der Waals surface area contributed by atoms with Crippen molar-refractivity contribution in [1.82, 2.24) is 14.9 Å². The summed E-state index contributed by atoms with van der Waals surface area (Å²) < 4.78 is 13.1. The lowest BCUT2D eigenvalue weighted by Crippen LogP contribution is -2.39. The summed E-state index contributed by atoms with van der Waals surface area (Å²) in [6, 6.07) is 14.7. The molecule has 1 fully saturated rings. The molecule has 1 aromatic heterocycles. The fourth-order valence-electron chi connectivity index (χ4n) is 4.15. The SMILES string of the molecule is Cc1cccc(-c2nccnc2[C@H]2CCCN(C(=O)CCc3ccc(F)cc3)C2)c1. The van der Waals surface area contributed by atoms with E-state index in [1.165, 1.54) is 17.7 Å². The first-order chi connectivity index (χ1) is 14.6. The summed E-state index contributed by atoms with van der Waals surface area (Å²) >= 11 is 0. The van der Waals surface area contributed by atoms with Gasteiger partial charge in [-0.1, -0.05) is 35.9 Å². The number of likely N-dealkylation sites (tertiary alicyclic amines) is 1. The van der Waals surface area contributed by atoms with Gasteiger partial charge in [0, 0.05) is 43.4 Å². The van der Waals surface area contributed by atoms with Gasteiger partial charge in [-0.15, -0.1) is 0 Å². The van der Waals surface area contributed by atoms with Gasteiger partial charge in [-0.05, 0) is 49.9 Å². The van der Waals surface area contributed by atoms with Crippen molar-refractivity contribution in [2.45, 2.75) is 38.5 Å². The van der Waals surface area contributed by atoms with Gasteiger partial charge >= 0.3 is 0 Å². The van der Waals surface area contributed by atoms with Crippen molar-refractivity contribution in [3.8, 4) is 11.3 Å². The number of rotatable bonds is 5. The van der Waals surface area contributed by atoms with Crippen LogP contribution in [0, 0.1) is 12.7 Å². The van der Waals surface area contributed by atoms with E-state index in [0.29, 0.717) is 19.4 Å². The highest BCUT2D eigenvalue weighted by Gasteiger charge is 2.27. The van der Waals surface area contributed by atoms with Gasteiger partial charge in [-0.3, -0.25) is 14.8 Å². The summed E-state index contributed by atoms with van der Waals surface area (Å²) in [4.78, 5) is 24.1. The van der Waals surface area contributed by atoms with Gasteiger partial charge in [0.1, 0.15) is 5.82 Å². The molecule has 1 saturated heterocycles. The third kappa shape index (κ3) is 4.73. The smallest absolute Gasteiger partial charge is 0.222 e. The van der Waals surface area contributed by atoms with E-state index in [1.54, 1.807) is 24.5 Å². The second-order valence-electron chi connectivity index (χ2n) is 7.97. The molecule has 154 valence electrons. The van der Waals surface area contributed by atoms with Crippen LogP contribution in [0.2, 0.25) is 0 Å². The van der Waals surface area contributed by atoms with Crippen molar-refractivity contribution >= 4 is 5.91 Å². The predicted octanol–water partition coefficient (Wildman–Crippen LogP) is 4.93. The van der Waals surface area contributed by atoms with Crippen molar-refractivity contribution < 1.29 is 9.18 Å². The van der Waals surface area contributed by atoms with E-state index in [0.717, 1.165) is 41.9 Å². The Morgan fingerprint density at radius 2 is 1.93 bits per heavy atom. The van der Waals surface area contributed by atoms with Gasteiger partial charge in [0.25, 0.3) is 0 Å². The van der Waals surface area contributed by atoms with Crippen molar-refractivity contribution in [3.05, 3.63) is 83.6 Å². The Kier molecular flexibility index (Phi) is 6.17. The van der Waals surface area contributed by atoms with E-state index in [9.17, 15) is 9.18 Å². The fourth-order valence-corrected chi connectivity index (χ4v) is 4.15. The minimum atomic E-state index is -0.252. The number of aryl methyl sites for hydroxylation is 2. The molecule has 4 nitrogen and oxygen atoms in total. The quantitative estimate of drug-likeness (QED) is 0.607. The van der Waals surface area contributed by atoms with Crippen LogP contribution in [0.1, 0.15) is 42.0 Å². The maximum absolute atomic E-state index is 13.1. The summed E-state index contributed by atoms with van der Waals surface area (Å²) in [5.74, 6) is 0.0695. The topological polar surface area (TPSA) is 46.1 Å². The number of aromatic nitrogens is 2. The number of halogens is 1. The average molecular weight is 404 g/mol. The zero-order valence-corrected chi connectivity index (χ0v) is 17.2. The van der Waals surface area contributed by atoms with Crippen LogP contribution in [0.25, 0.3) is 11.3 Å². The third-order valence-corrected chi connectivity index (χ3v) is 5.72. The Morgan fingerprint density at radius 3 is 2.73 bits per heavy atom. The highest BCUT2D eigenvalue weighted by Crippen LogP contribution is 2.32. The first kappa shape index (κ1) is 20.2. The molecule has 1 aliphatic rings. The van der Waals surface area contributed by atoms with Crippen molar-refractivity contribution in [2.24, 2.45) is 0 Å². The number of hydrogen-bond acceptors (Lipinski definition) is 3. The number of nitrogens with zero attached hydrogens (tertiary/aromatic N) is 3. The maximum Gasteiger partial charge on any atom is 0.222 e. The molecule has 1 aliphatic heterocycles. The Balaban J connectivity index is 1.46. The molecule has 0 saturated carbocycles. The second-order valence-corrected chi connectivity index (χ2v) is 7.97. The monoisotopic (exact) mass is 403 g/mol. The van der Waals surface area contributed by atoms with E-state index < -0.39 is 0 Å². The molecule has 0 spiro atoms. The molecule has 30 heavy (non-hydrogen) atoms. The van der Waals surface area contributed by atoms with Crippen molar-refractivity contribution in [2.75, 3.05) is 13.1 Å². The minimum absolute atomic E-state index is 0.144. The van der Waals surface area contributed by atoms with Crippen LogP contribution in [0.5, 0.6) is 0 Å². The molecule has 0 bridgehead atoms. The number of carbonyl (C=O) groups excluding carboxylic acids is 1. The summed E-state index contributed by atoms with van der Waals surface area (Å²) in [6.07, 6.45) is 6.49. The molecule has 0 unspecified atom stereocenters. The van der Waals surface area contributed by atoms with E-state index in [4.69, 9.17) is 0 Å². The van der Waals surface area contributed by atoms with Gasteiger partial charge in [0.2, 0.25) is 5.91 Å². The van der Waals surface area contributed by atoms with Gasteiger partial charge in [0.15, 0.2) is 0 Å². The number of piperidine rings is 1. The maximum atomic E-state index is 13.1. The molecular formula is C25H26FN3O. The van der Waals surface area contributed by atoms with Gasteiger partial charge in [0.05, 0.1) is 11.4 Å². The molecule has 4 rings (SSSR count). The standard InChI is InChI=1S/C25H26FN3O/c1-18-4-2-5-20(16-18)24-25(28-14-13-27-24)21-6-3-15-29(17-21)23(30)12-9-19-7-10-22(26)11-8-19/h2,4-5,7-8,10-11,13-14,16,21H,3,6,9,12,15,17H2,1H3/t21-/m0/s1. The first-order valence-electron chi connectivity index (χ1n) is 10.5. The zero-order chi connectivity index (χ0) is 20.9. The lowest BCUT2D eigenvalue weighted by atomic mass is 9.91. The van der Waals surface area contributed by atoms with Crippen molar-refractivity contribution in [1.29, 1.82) is 0 Å². The highest BCUT2D eigenvalue weighted by atomic mass is 19.1. The largest absolute Gasteiger partial charge is 0.342 e. The number of hydrogen-bond donors (Lipinski definition) is 0. The summed E-state index contributed by atoms with van der Waals surface area (Å²) in [5, 5.41) is 0. The minimum Gasteiger partial charge on any atom is -0.342 e. The number of benzene rings is 2. The lowest BCUT2D eigenvalue weighted by Gasteiger charge is -2.33. The molecule has 5 heteroatoms. The first-order valence-corrected chi connectivity index (χ1v) is 10.5. The van der Waals surface area contributed by atoms with E-state index in [-0.39, 0.29) is 17.6 Å². The molecule has 2 aromatic carbocycles. The molecule has 1 amide bonds. The Hall–Kier alpha value is -3.08. The van der Waals surface area contributed by atoms with Crippen LogP contribution >= 0.6 is 0 Å². The second kappa shape index (κ2) is 9.16. The van der Waals surface area contributed by atoms with E-state index in [1.807, 2.05) is 11.0 Å². The Bertz CT molecular complexity index is 1020. The summed E-state index contributed by atoms with van der Waals surface area (Å²) in [5.41, 5.74) is 5.11. The third-order valence-electron chi connectivity index (χ3n) is 5.72. The van der Waals surface area contributed by atoms with E-state index >= 15 is 0 Å². The molecule has 3 aromatic rings. The molecule has 1 atom stereocenters. The van der Waals surface area contributed by atoms with Gasteiger partial charge < -0.3 is 4.90 Å². The normalized spacial score (nSPS) is 16.5.